The van der Waals surface area contributed by atoms with Crippen molar-refractivity contribution in [3.8, 4) is 5.75 Å². The van der Waals surface area contributed by atoms with Crippen LogP contribution >= 0.6 is 0 Å². The molecule has 2 rings (SSSR count). The van der Waals surface area contributed by atoms with Gasteiger partial charge in [0.2, 0.25) is 0 Å². The van der Waals surface area contributed by atoms with E-state index in [-0.39, 0.29) is 6.04 Å². The zero-order valence-corrected chi connectivity index (χ0v) is 11.1. The van der Waals surface area contributed by atoms with Gasteiger partial charge in [0.05, 0.1) is 13.3 Å². The first-order valence-electron chi connectivity index (χ1n) is 6.04. The second kappa shape index (κ2) is 5.69. The number of ether oxygens (including phenoxy) is 1. The summed E-state index contributed by atoms with van der Waals surface area (Å²) in [5.41, 5.74) is 2.35. The molecule has 0 saturated heterocycles. The third kappa shape index (κ3) is 2.90. The standard InChI is InChI=1S/C14H19N3O/c1-11(13-6-4-5-7-14(13)18-3)15-8-12-9-16-17(2)10-12/h4-7,9-11,15H,8H2,1-3H3/t11-/m1/s1. The van der Waals surface area contributed by atoms with Crippen LogP contribution in [-0.2, 0) is 13.6 Å². The van der Waals surface area contributed by atoms with Gasteiger partial charge in [-0.25, -0.2) is 0 Å². The summed E-state index contributed by atoms with van der Waals surface area (Å²) in [4.78, 5) is 0. The van der Waals surface area contributed by atoms with Gasteiger partial charge in [-0.1, -0.05) is 18.2 Å². The zero-order valence-electron chi connectivity index (χ0n) is 11.1. The number of rotatable bonds is 5. The van der Waals surface area contributed by atoms with Gasteiger partial charge in [-0.3, -0.25) is 4.68 Å². The van der Waals surface area contributed by atoms with E-state index in [9.17, 15) is 0 Å². The molecule has 0 fully saturated rings. The maximum Gasteiger partial charge on any atom is 0.123 e. The van der Waals surface area contributed by atoms with Crippen LogP contribution in [0.4, 0.5) is 0 Å². The summed E-state index contributed by atoms with van der Waals surface area (Å²) < 4.78 is 7.18. The molecule has 0 aliphatic rings. The number of methoxy groups -OCH3 is 1. The number of hydrogen-bond donors (Lipinski definition) is 1. The maximum atomic E-state index is 5.37. The van der Waals surface area contributed by atoms with E-state index >= 15 is 0 Å². The Labute approximate surface area is 108 Å². The number of nitrogens with zero attached hydrogens (tertiary/aromatic N) is 2. The molecule has 0 saturated carbocycles. The van der Waals surface area contributed by atoms with Crippen molar-refractivity contribution in [1.29, 1.82) is 0 Å². The van der Waals surface area contributed by atoms with Crippen LogP contribution in [0.5, 0.6) is 5.75 Å². The van der Waals surface area contributed by atoms with Crippen molar-refractivity contribution in [1.82, 2.24) is 15.1 Å². The Hall–Kier alpha value is -1.81. The van der Waals surface area contributed by atoms with Crippen LogP contribution in [0.15, 0.2) is 36.7 Å². The monoisotopic (exact) mass is 245 g/mol. The van der Waals surface area contributed by atoms with Crippen LogP contribution in [0, 0.1) is 0 Å². The third-order valence-electron chi connectivity index (χ3n) is 2.98. The highest BCUT2D eigenvalue weighted by Gasteiger charge is 2.10. The molecule has 1 aromatic carbocycles. The van der Waals surface area contributed by atoms with Crippen molar-refractivity contribution < 1.29 is 4.74 Å². The van der Waals surface area contributed by atoms with Crippen LogP contribution in [0.3, 0.4) is 0 Å². The summed E-state index contributed by atoms with van der Waals surface area (Å²) in [7, 11) is 3.62. The molecule has 0 spiro atoms. The molecule has 0 bridgehead atoms. The summed E-state index contributed by atoms with van der Waals surface area (Å²) in [6, 6.07) is 8.31. The highest BCUT2D eigenvalue weighted by Crippen LogP contribution is 2.24. The largest absolute Gasteiger partial charge is 0.496 e. The molecule has 0 radical (unpaired) electrons. The van der Waals surface area contributed by atoms with E-state index in [1.807, 2.05) is 42.3 Å². The number of nitrogens with one attached hydrogen (secondary N) is 1. The Balaban J connectivity index is 2.01. The predicted molar refractivity (Wildman–Crippen MR) is 71.5 cm³/mol. The summed E-state index contributed by atoms with van der Waals surface area (Å²) in [6.07, 6.45) is 3.89. The Morgan fingerprint density at radius 2 is 2.17 bits per heavy atom. The van der Waals surface area contributed by atoms with E-state index in [1.54, 1.807) is 7.11 Å². The summed E-state index contributed by atoms with van der Waals surface area (Å²) >= 11 is 0. The SMILES string of the molecule is COc1ccccc1[C@@H](C)NCc1cnn(C)c1. The fourth-order valence-corrected chi connectivity index (χ4v) is 1.97. The lowest BCUT2D eigenvalue weighted by Crippen LogP contribution is -2.18. The van der Waals surface area contributed by atoms with Gasteiger partial charge in [-0.2, -0.15) is 5.10 Å². The molecule has 4 heteroatoms. The summed E-state index contributed by atoms with van der Waals surface area (Å²) in [5, 5.41) is 7.62. The van der Waals surface area contributed by atoms with Crippen molar-refractivity contribution in [2.45, 2.75) is 19.5 Å². The van der Waals surface area contributed by atoms with Crippen LogP contribution in [0.2, 0.25) is 0 Å². The lowest BCUT2D eigenvalue weighted by molar-refractivity contribution is 0.401. The van der Waals surface area contributed by atoms with Crippen LogP contribution in [0.1, 0.15) is 24.1 Å². The van der Waals surface area contributed by atoms with Crippen molar-refractivity contribution in [3.05, 3.63) is 47.8 Å². The van der Waals surface area contributed by atoms with Gasteiger partial charge in [0, 0.05) is 37.0 Å². The Bertz CT molecular complexity index is 507. The fourth-order valence-electron chi connectivity index (χ4n) is 1.97. The highest BCUT2D eigenvalue weighted by atomic mass is 16.5. The molecule has 1 atom stereocenters. The summed E-state index contributed by atoms with van der Waals surface area (Å²) in [5.74, 6) is 0.920. The number of aryl methyl sites for hydroxylation is 1. The van der Waals surface area contributed by atoms with E-state index in [1.165, 1.54) is 11.1 Å². The minimum Gasteiger partial charge on any atom is -0.496 e. The lowest BCUT2D eigenvalue weighted by Gasteiger charge is -2.16. The summed E-state index contributed by atoms with van der Waals surface area (Å²) in [6.45, 7) is 2.93. The van der Waals surface area contributed by atoms with E-state index in [2.05, 4.69) is 23.4 Å². The molecule has 0 amide bonds. The number of hydrogen-bond acceptors (Lipinski definition) is 3. The molecule has 18 heavy (non-hydrogen) atoms. The zero-order chi connectivity index (χ0) is 13.0. The Morgan fingerprint density at radius 3 is 2.83 bits per heavy atom. The highest BCUT2D eigenvalue weighted by molar-refractivity contribution is 5.35. The van der Waals surface area contributed by atoms with Crippen LogP contribution < -0.4 is 10.1 Å². The average molecular weight is 245 g/mol. The number of para-hydroxylation sites is 1. The molecule has 2 aromatic rings. The molecule has 4 nitrogen and oxygen atoms in total. The van der Waals surface area contributed by atoms with Crippen molar-refractivity contribution in [2.24, 2.45) is 7.05 Å². The molecular weight excluding hydrogens is 226 g/mol. The molecule has 0 aliphatic heterocycles. The molecule has 1 N–H and O–H groups in total. The Kier molecular flexibility index (Phi) is 3.99. The van der Waals surface area contributed by atoms with E-state index < -0.39 is 0 Å². The molecule has 0 unspecified atom stereocenters. The average Bonchev–Trinajstić information content (AvgIpc) is 2.81. The number of benzene rings is 1. The van der Waals surface area contributed by atoms with Gasteiger partial charge in [-0.15, -0.1) is 0 Å². The molecule has 0 aliphatic carbocycles. The quantitative estimate of drug-likeness (QED) is 0.878. The van der Waals surface area contributed by atoms with Crippen LogP contribution in [0.25, 0.3) is 0 Å². The van der Waals surface area contributed by atoms with Gasteiger partial charge in [0.1, 0.15) is 5.75 Å². The van der Waals surface area contributed by atoms with Crippen molar-refractivity contribution >= 4 is 0 Å². The first kappa shape index (κ1) is 12.6. The molecule has 1 heterocycles. The van der Waals surface area contributed by atoms with Gasteiger partial charge >= 0.3 is 0 Å². The van der Waals surface area contributed by atoms with E-state index in [0.29, 0.717) is 0 Å². The molecule has 1 aromatic heterocycles. The minimum absolute atomic E-state index is 0.237. The predicted octanol–water partition coefficient (Wildman–Crippen LogP) is 2.28. The Morgan fingerprint density at radius 1 is 1.39 bits per heavy atom. The van der Waals surface area contributed by atoms with E-state index in [4.69, 9.17) is 4.74 Å². The van der Waals surface area contributed by atoms with Crippen molar-refractivity contribution in [2.75, 3.05) is 7.11 Å². The smallest absolute Gasteiger partial charge is 0.123 e. The van der Waals surface area contributed by atoms with Gasteiger partial charge in [-0.05, 0) is 13.0 Å². The third-order valence-corrected chi connectivity index (χ3v) is 2.98. The van der Waals surface area contributed by atoms with Gasteiger partial charge in [0.15, 0.2) is 0 Å². The second-order valence-electron chi connectivity index (χ2n) is 4.37. The van der Waals surface area contributed by atoms with Gasteiger partial charge < -0.3 is 10.1 Å². The molecular formula is C14H19N3O. The van der Waals surface area contributed by atoms with Crippen molar-refractivity contribution in [3.63, 3.8) is 0 Å². The normalized spacial score (nSPS) is 12.4. The maximum absolute atomic E-state index is 5.37. The second-order valence-corrected chi connectivity index (χ2v) is 4.37. The topological polar surface area (TPSA) is 39.1 Å². The number of aromatic nitrogens is 2. The minimum atomic E-state index is 0.237. The van der Waals surface area contributed by atoms with Gasteiger partial charge in [0.25, 0.3) is 0 Å². The molecule has 96 valence electrons. The first-order valence-corrected chi connectivity index (χ1v) is 6.04. The lowest BCUT2D eigenvalue weighted by atomic mass is 10.1. The van der Waals surface area contributed by atoms with Crippen LogP contribution in [-0.4, -0.2) is 16.9 Å². The fraction of sp³-hybridized carbons (Fsp3) is 0.357. The first-order chi connectivity index (χ1) is 8.70. The van der Waals surface area contributed by atoms with E-state index in [0.717, 1.165) is 12.3 Å².